The Bertz CT molecular complexity index is 1640. The number of benzene rings is 2. The average molecular weight is 597 g/mol. The zero-order valence-corrected chi connectivity index (χ0v) is 25.6. The van der Waals surface area contributed by atoms with Gasteiger partial charge in [0.1, 0.15) is 18.3 Å². The normalized spacial score (nSPS) is 14.5. The van der Waals surface area contributed by atoms with Gasteiger partial charge in [-0.1, -0.05) is 19.6 Å². The summed E-state index contributed by atoms with van der Waals surface area (Å²) < 4.78 is 49.5. The summed E-state index contributed by atoms with van der Waals surface area (Å²) >= 11 is 0. The van der Waals surface area contributed by atoms with Crippen LogP contribution in [0.4, 0.5) is 14.5 Å². The predicted molar refractivity (Wildman–Crippen MR) is 164 cm³/mol. The van der Waals surface area contributed by atoms with E-state index < -0.39 is 19.7 Å². The van der Waals surface area contributed by atoms with E-state index in [0.29, 0.717) is 59.8 Å². The molecule has 42 heavy (non-hydrogen) atoms. The summed E-state index contributed by atoms with van der Waals surface area (Å²) in [4.78, 5) is 15.8. The average Bonchev–Trinajstić information content (AvgIpc) is 3.29. The second kappa shape index (κ2) is 12.4. The lowest BCUT2D eigenvalue weighted by atomic mass is 10.0. The number of ether oxygens (including phenoxy) is 3. The first-order chi connectivity index (χ1) is 20.0. The number of hydrogen-bond acceptors (Lipinski definition) is 6. The van der Waals surface area contributed by atoms with Crippen LogP contribution in [0.1, 0.15) is 5.69 Å². The molecule has 0 aliphatic carbocycles. The molecule has 1 saturated heterocycles. The van der Waals surface area contributed by atoms with Crippen molar-refractivity contribution in [2.75, 3.05) is 38.6 Å². The van der Waals surface area contributed by atoms with Crippen LogP contribution in [0.2, 0.25) is 25.7 Å². The van der Waals surface area contributed by atoms with E-state index in [1.165, 1.54) is 10.6 Å². The fourth-order valence-corrected chi connectivity index (χ4v) is 5.84. The van der Waals surface area contributed by atoms with Gasteiger partial charge in [0.2, 0.25) is 0 Å². The number of rotatable bonds is 10. The molecule has 0 unspecified atom stereocenters. The van der Waals surface area contributed by atoms with E-state index in [0.717, 1.165) is 37.0 Å². The maximum absolute atomic E-state index is 14.6. The maximum Gasteiger partial charge on any atom is 0.259 e. The molecule has 2 aromatic heterocycles. The van der Waals surface area contributed by atoms with Crippen LogP contribution in [-0.2, 0) is 29.8 Å². The van der Waals surface area contributed by atoms with Crippen molar-refractivity contribution in [3.05, 3.63) is 76.3 Å². The largest absolute Gasteiger partial charge is 0.454 e. The summed E-state index contributed by atoms with van der Waals surface area (Å²) in [5.74, 6) is -1.33. The van der Waals surface area contributed by atoms with Gasteiger partial charge in [0.25, 0.3) is 5.56 Å². The minimum atomic E-state index is -1.32. The molecule has 11 heteroatoms. The summed E-state index contributed by atoms with van der Waals surface area (Å²) in [5, 5.41) is 0.536. The van der Waals surface area contributed by atoms with Crippen LogP contribution in [0.25, 0.3) is 22.0 Å². The van der Waals surface area contributed by atoms with Crippen LogP contribution in [0, 0.1) is 11.6 Å². The minimum Gasteiger partial charge on any atom is -0.454 e. The number of nitrogens with two attached hydrogens (primary N) is 1. The van der Waals surface area contributed by atoms with Gasteiger partial charge in [-0.2, -0.15) is 0 Å². The van der Waals surface area contributed by atoms with Gasteiger partial charge >= 0.3 is 0 Å². The summed E-state index contributed by atoms with van der Waals surface area (Å²) in [5.41, 5.74) is 9.43. The van der Waals surface area contributed by atoms with Gasteiger partial charge in [-0.15, -0.1) is 0 Å². The molecule has 2 N–H and O–H groups in total. The number of aryl methyl sites for hydroxylation is 1. The van der Waals surface area contributed by atoms with E-state index in [1.807, 2.05) is 6.07 Å². The molecule has 224 valence electrons. The first-order valence-electron chi connectivity index (χ1n) is 14.1. The number of nitrogen functional groups attached to an aromatic ring is 1. The highest BCUT2D eigenvalue weighted by molar-refractivity contribution is 6.76. The zero-order chi connectivity index (χ0) is 30.0. The first-order valence-corrected chi connectivity index (χ1v) is 17.8. The van der Waals surface area contributed by atoms with Crippen molar-refractivity contribution in [2.24, 2.45) is 7.05 Å². The number of hydrogen-bond donors (Lipinski definition) is 1. The molecule has 1 aliphatic rings. The number of halogens is 2. The van der Waals surface area contributed by atoms with Crippen LogP contribution in [0.15, 0.2) is 53.5 Å². The van der Waals surface area contributed by atoms with Crippen LogP contribution in [0.3, 0.4) is 0 Å². The Morgan fingerprint density at radius 3 is 2.45 bits per heavy atom. The monoisotopic (exact) mass is 596 g/mol. The molecule has 0 saturated carbocycles. The third-order valence-corrected chi connectivity index (χ3v) is 9.13. The quantitative estimate of drug-likeness (QED) is 0.142. The Labute approximate surface area is 245 Å². The summed E-state index contributed by atoms with van der Waals surface area (Å²) in [6, 6.07) is 11.1. The number of fused-ring (bicyclic) bond motifs is 1. The van der Waals surface area contributed by atoms with Gasteiger partial charge in [0.05, 0.1) is 24.1 Å². The molecule has 0 amide bonds. The highest BCUT2D eigenvalue weighted by Gasteiger charge is 2.23. The highest BCUT2D eigenvalue weighted by atomic mass is 28.3. The fraction of sp³-hybridized carbons (Fsp3) is 0.387. The van der Waals surface area contributed by atoms with Crippen molar-refractivity contribution in [3.8, 4) is 22.6 Å². The topological polar surface area (TPSA) is 83.9 Å². The maximum atomic E-state index is 14.6. The molecule has 2 aromatic carbocycles. The van der Waals surface area contributed by atoms with Crippen LogP contribution >= 0.6 is 0 Å². The molecule has 0 bridgehead atoms. The van der Waals surface area contributed by atoms with Crippen molar-refractivity contribution in [1.29, 1.82) is 0 Å². The van der Waals surface area contributed by atoms with Crippen molar-refractivity contribution in [1.82, 2.24) is 14.0 Å². The Morgan fingerprint density at radius 2 is 1.74 bits per heavy atom. The van der Waals surface area contributed by atoms with Gasteiger partial charge in [-0.3, -0.25) is 9.69 Å². The number of morpholine rings is 1. The molecular formula is C31H38F2N4O4Si. The van der Waals surface area contributed by atoms with E-state index in [4.69, 9.17) is 19.9 Å². The SMILES string of the molecule is Cn1cc(-c2cc(N)ccc2Oc2ccc(F)cc2F)c2c(cc(CN3CCOCC3)n2COCC[Si](C)(C)C)c1=O. The lowest BCUT2D eigenvalue weighted by Gasteiger charge is -2.27. The van der Waals surface area contributed by atoms with Crippen LogP contribution < -0.4 is 16.0 Å². The second-order valence-electron chi connectivity index (χ2n) is 12.0. The smallest absolute Gasteiger partial charge is 0.259 e. The number of anilines is 1. The Hall–Kier alpha value is -3.51. The van der Waals surface area contributed by atoms with E-state index in [1.54, 1.807) is 31.4 Å². The molecule has 0 spiro atoms. The van der Waals surface area contributed by atoms with Gasteiger partial charge in [-0.25, -0.2) is 8.78 Å². The number of nitrogens with zero attached hydrogens (tertiary/aromatic N) is 3. The predicted octanol–water partition coefficient (Wildman–Crippen LogP) is 5.80. The highest BCUT2D eigenvalue weighted by Crippen LogP contribution is 2.39. The van der Waals surface area contributed by atoms with Crippen molar-refractivity contribution in [2.45, 2.75) is 39.0 Å². The summed E-state index contributed by atoms with van der Waals surface area (Å²) in [7, 11) is 0.381. The molecule has 0 radical (unpaired) electrons. The Morgan fingerprint density at radius 1 is 1.00 bits per heavy atom. The molecule has 4 aromatic rings. The third kappa shape index (κ3) is 6.75. The zero-order valence-electron chi connectivity index (χ0n) is 24.6. The van der Waals surface area contributed by atoms with Gasteiger partial charge in [0.15, 0.2) is 11.6 Å². The van der Waals surface area contributed by atoms with Crippen LogP contribution in [-0.4, -0.2) is 55.0 Å². The van der Waals surface area contributed by atoms with Crippen molar-refractivity contribution < 1.29 is 23.0 Å². The number of pyridine rings is 1. The summed E-state index contributed by atoms with van der Waals surface area (Å²) in [6.45, 7) is 11.3. The second-order valence-corrected chi connectivity index (χ2v) is 17.6. The Kier molecular flexibility index (Phi) is 8.83. The third-order valence-electron chi connectivity index (χ3n) is 7.43. The van der Waals surface area contributed by atoms with Gasteiger partial charge in [0, 0.05) is 76.1 Å². The fourth-order valence-electron chi connectivity index (χ4n) is 5.08. The van der Waals surface area contributed by atoms with E-state index in [9.17, 15) is 13.6 Å². The van der Waals surface area contributed by atoms with Crippen molar-refractivity contribution in [3.63, 3.8) is 0 Å². The Balaban J connectivity index is 1.65. The van der Waals surface area contributed by atoms with E-state index >= 15 is 0 Å². The number of aromatic nitrogens is 2. The van der Waals surface area contributed by atoms with Gasteiger partial charge in [-0.05, 0) is 42.4 Å². The molecule has 8 nitrogen and oxygen atoms in total. The van der Waals surface area contributed by atoms with Crippen molar-refractivity contribution >= 4 is 24.7 Å². The first kappa shape index (κ1) is 30.0. The van der Waals surface area contributed by atoms with Crippen LogP contribution in [0.5, 0.6) is 11.5 Å². The van der Waals surface area contributed by atoms with E-state index in [2.05, 4.69) is 29.1 Å². The standard InChI is InChI=1S/C31H38F2N4O4Si/c1-35-19-26(24-16-22(34)6-8-28(24)41-29-7-5-21(32)15-27(29)33)30-25(31(35)38)17-23(18-36-9-11-39-12-10-36)37(30)20-40-13-14-42(2,3)4/h5-8,15-17,19H,9-14,18,20,34H2,1-4H3. The molecular weight excluding hydrogens is 558 g/mol. The molecule has 0 atom stereocenters. The lowest BCUT2D eigenvalue weighted by molar-refractivity contribution is 0.0312. The minimum absolute atomic E-state index is 0.124. The molecule has 3 heterocycles. The molecule has 5 rings (SSSR count). The van der Waals surface area contributed by atoms with Gasteiger partial charge < -0.3 is 29.1 Å². The molecule has 1 aliphatic heterocycles. The molecule has 1 fully saturated rings. The summed E-state index contributed by atoms with van der Waals surface area (Å²) in [6.07, 6.45) is 1.74. The van der Waals surface area contributed by atoms with E-state index in [-0.39, 0.29) is 18.0 Å². The lowest BCUT2D eigenvalue weighted by Crippen LogP contribution is -2.36.